The number of rotatable bonds is 5. The highest BCUT2D eigenvalue weighted by molar-refractivity contribution is 8.04. The molecule has 6 aliphatic rings. The Bertz CT molecular complexity index is 1690. The largest absolute Gasteiger partial charge is 0.504 e. The van der Waals surface area contributed by atoms with Crippen LogP contribution in [-0.2, 0) is 28.5 Å². The molecule has 1 spiro atoms. The minimum absolute atomic E-state index is 0.0251. The van der Waals surface area contributed by atoms with Gasteiger partial charge in [0.25, 0.3) is 0 Å². The second-order valence-corrected chi connectivity index (χ2v) is 12.8. The second kappa shape index (κ2) is 7.06. The van der Waals surface area contributed by atoms with Gasteiger partial charge in [0.1, 0.15) is 23.3 Å². The molecule has 1 saturated heterocycles. The fraction of sp³-hybridized carbons (Fsp3) is 0.400. The maximum atomic E-state index is 13.8. The average Bonchev–Trinajstić information content (AvgIpc) is 3.52. The van der Waals surface area contributed by atoms with Gasteiger partial charge in [-0.3, -0.25) is 14.6 Å². The lowest BCUT2D eigenvalue weighted by Gasteiger charge is -2.47. The number of aromatic hydroxyl groups is 1. The molecule has 1 aromatic carbocycles. The van der Waals surface area contributed by atoms with E-state index in [1.807, 2.05) is 23.9 Å². The maximum absolute atomic E-state index is 13.8. The van der Waals surface area contributed by atoms with E-state index < -0.39 is 23.5 Å². The van der Waals surface area contributed by atoms with Crippen LogP contribution in [0.1, 0.15) is 24.1 Å². The number of carbonyl (C=O) groups is 2. The number of nitrogens with two attached hydrogens (primary N) is 1. The molecule has 10 nitrogen and oxygen atoms in total. The van der Waals surface area contributed by atoms with Gasteiger partial charge in [0.15, 0.2) is 5.75 Å². The smallest absolute Gasteiger partial charge is 0.320 e. The first-order valence-corrected chi connectivity index (χ1v) is 14.0. The zero-order chi connectivity index (χ0) is 25.4. The minimum Gasteiger partial charge on any atom is -0.504 e. The Kier molecular flexibility index (Phi) is 4.19. The zero-order valence-electron chi connectivity index (χ0n) is 19.8. The van der Waals surface area contributed by atoms with E-state index in [2.05, 4.69) is 19.9 Å². The standard InChI is InChI=1S/C25H22N6O4S2/c1-30-8-28-23(11(30)4-10(26)24(34)35)37-22-19-12(32)5-13-25(22)6-14(36-13)29-18-16(25)20-15-9(2-3-31(19)20)7-27-17(15)21(18)33/h5,7-8,10,14,19,22H,2-4,6,26H2,1H3,(H2,27,29,33,34,35)/p+1/t10-,14-,19+,22-,25+/m0/s1. The molecule has 3 bridgehead atoms. The van der Waals surface area contributed by atoms with Gasteiger partial charge in [0.05, 0.1) is 44.5 Å². The number of hydrogen-bond donors (Lipinski definition) is 4. The van der Waals surface area contributed by atoms with E-state index in [9.17, 15) is 19.8 Å². The van der Waals surface area contributed by atoms with Crippen molar-refractivity contribution < 1.29 is 19.8 Å². The number of aliphatic carboxylic acids is 1. The number of imidazole rings is 1. The van der Waals surface area contributed by atoms with Crippen molar-refractivity contribution in [2.24, 2.45) is 17.8 Å². The van der Waals surface area contributed by atoms with Gasteiger partial charge in [-0.05, 0) is 18.1 Å². The number of phenols is 1. The van der Waals surface area contributed by atoms with E-state index in [1.54, 1.807) is 29.9 Å². The number of carbonyl (C=O) groups excluding carboxylic acids is 1. The first kappa shape index (κ1) is 21.9. The molecule has 2 aromatic rings. The monoisotopic (exact) mass is 535 g/mol. The number of aromatic nitrogens is 2. The van der Waals surface area contributed by atoms with Gasteiger partial charge in [-0.2, -0.15) is 0 Å². The van der Waals surface area contributed by atoms with E-state index in [1.165, 1.54) is 0 Å². The fourth-order valence-electron chi connectivity index (χ4n) is 7.05. The number of nitrogens with one attached hydrogen (secondary N) is 1. The summed E-state index contributed by atoms with van der Waals surface area (Å²) < 4.78 is 4.04. The molecule has 8 rings (SSSR count). The molecular formula is C25H23N6O4S2+. The number of anilines is 1. The van der Waals surface area contributed by atoms with Crippen LogP contribution in [0.4, 0.5) is 11.4 Å². The topological polar surface area (TPSA) is 146 Å². The normalized spacial score (nSPS) is 29.9. The number of phenolic OH excluding ortho intramolecular Hbond substituents is 1. The summed E-state index contributed by atoms with van der Waals surface area (Å²) >= 11 is 3.22. The molecular weight excluding hydrogens is 512 g/mol. The van der Waals surface area contributed by atoms with E-state index >= 15 is 0 Å². The van der Waals surface area contributed by atoms with Gasteiger partial charge in [0.2, 0.25) is 17.2 Å². The van der Waals surface area contributed by atoms with Crippen LogP contribution in [-0.4, -0.2) is 67.0 Å². The third-order valence-electron chi connectivity index (χ3n) is 8.63. The average molecular weight is 536 g/mol. The van der Waals surface area contributed by atoms with Crippen LogP contribution in [0.25, 0.3) is 5.57 Å². The molecule has 0 saturated carbocycles. The summed E-state index contributed by atoms with van der Waals surface area (Å²) in [4.78, 5) is 35.6. The summed E-state index contributed by atoms with van der Waals surface area (Å²) in [5, 5.41) is 26.9. The van der Waals surface area contributed by atoms with Crippen LogP contribution in [0.15, 0.2) is 27.3 Å². The van der Waals surface area contributed by atoms with Gasteiger partial charge in [-0.25, -0.2) is 9.56 Å². The van der Waals surface area contributed by atoms with E-state index in [4.69, 9.17) is 5.73 Å². The summed E-state index contributed by atoms with van der Waals surface area (Å²) in [6.07, 6.45) is 7.05. The first-order valence-electron chi connectivity index (χ1n) is 12.2. The molecule has 0 unspecified atom stereocenters. The zero-order valence-corrected chi connectivity index (χ0v) is 21.4. The molecule has 6 heterocycles. The Labute approximate surface area is 219 Å². The molecule has 37 heavy (non-hydrogen) atoms. The summed E-state index contributed by atoms with van der Waals surface area (Å²) in [6.45, 7) is 0.688. The Balaban J connectivity index is 1.39. The van der Waals surface area contributed by atoms with E-state index in [-0.39, 0.29) is 28.6 Å². The van der Waals surface area contributed by atoms with Crippen molar-refractivity contribution in [3.63, 3.8) is 0 Å². The number of thioether (sulfide) groups is 2. The molecule has 1 aliphatic carbocycles. The first-order chi connectivity index (χ1) is 17.8. The number of carboxylic acids is 1. The van der Waals surface area contributed by atoms with Gasteiger partial charge >= 0.3 is 5.97 Å². The summed E-state index contributed by atoms with van der Waals surface area (Å²) in [6, 6.07) is -1.45. The molecule has 12 heteroatoms. The predicted molar refractivity (Wildman–Crippen MR) is 140 cm³/mol. The third-order valence-corrected chi connectivity index (χ3v) is 11.4. The number of aliphatic imine (C=N–C) groups is 1. The molecule has 5 N–H and O–H groups in total. The number of ketones is 1. The SMILES string of the molecule is Cn1cnc(S[C@H]2[C@H]3C(=O)C=C4S[C@H]5C[C@]42c2c(c(O)c4c6c2=[N+]3CCC=6C=N4)N5)c1C[C@H](N)C(=O)O. The molecule has 0 amide bonds. The summed E-state index contributed by atoms with van der Waals surface area (Å²) in [7, 11) is 1.84. The van der Waals surface area contributed by atoms with Crippen molar-refractivity contribution in [3.8, 4) is 5.75 Å². The van der Waals surface area contributed by atoms with Crippen LogP contribution in [0.5, 0.6) is 5.75 Å². The summed E-state index contributed by atoms with van der Waals surface area (Å²) in [5.41, 5.74) is 9.67. The second-order valence-electron chi connectivity index (χ2n) is 10.5. The Hall–Kier alpha value is -3.09. The lowest BCUT2D eigenvalue weighted by molar-refractivity contribution is -0.138. The van der Waals surface area contributed by atoms with Crippen LogP contribution in [0.3, 0.4) is 0 Å². The van der Waals surface area contributed by atoms with Gasteiger partial charge in [0, 0.05) is 31.0 Å². The number of aryl methyl sites for hydroxylation is 1. The molecule has 5 atom stereocenters. The van der Waals surface area contributed by atoms with E-state index in [0.29, 0.717) is 17.3 Å². The minimum atomic E-state index is -1.06. The molecule has 188 valence electrons. The van der Waals surface area contributed by atoms with Crippen LogP contribution in [0, 0.1) is 0 Å². The van der Waals surface area contributed by atoms with Crippen molar-refractivity contribution in [2.45, 2.75) is 52.4 Å². The van der Waals surface area contributed by atoms with Crippen molar-refractivity contribution in [1.29, 1.82) is 0 Å². The van der Waals surface area contributed by atoms with Gasteiger partial charge < -0.3 is 25.8 Å². The molecule has 1 aromatic heterocycles. The third kappa shape index (κ3) is 2.56. The Morgan fingerprint density at radius 2 is 2.32 bits per heavy atom. The lowest BCUT2D eigenvalue weighted by atomic mass is 9.64. The lowest BCUT2D eigenvalue weighted by Crippen LogP contribution is -2.69. The Morgan fingerprint density at radius 3 is 3.14 bits per heavy atom. The number of hydrogen-bond acceptors (Lipinski definition) is 9. The number of carboxylic acid groups (broad SMARTS) is 1. The maximum Gasteiger partial charge on any atom is 0.320 e. The number of benzene rings is 1. The van der Waals surface area contributed by atoms with Crippen molar-refractivity contribution in [2.75, 3.05) is 11.9 Å². The van der Waals surface area contributed by atoms with Crippen molar-refractivity contribution in [1.82, 2.24) is 14.1 Å². The number of allylic oxidation sites excluding steroid dienone is 1. The highest BCUT2D eigenvalue weighted by Gasteiger charge is 2.67. The molecule has 5 aliphatic heterocycles. The van der Waals surface area contributed by atoms with Gasteiger partial charge in [-0.1, -0.05) is 11.8 Å². The highest BCUT2D eigenvalue weighted by Crippen LogP contribution is 2.65. The number of fused-ring (bicyclic) bond motifs is 3. The Morgan fingerprint density at radius 1 is 1.49 bits per heavy atom. The molecule has 1 fully saturated rings. The van der Waals surface area contributed by atoms with Crippen LogP contribution < -0.4 is 26.2 Å². The quantitative estimate of drug-likeness (QED) is 0.306. The summed E-state index contributed by atoms with van der Waals surface area (Å²) in [5.74, 6) is -0.807. The van der Waals surface area contributed by atoms with Crippen molar-refractivity contribution in [3.05, 3.63) is 39.1 Å². The highest BCUT2D eigenvalue weighted by atomic mass is 32.2. The van der Waals surface area contributed by atoms with Crippen LogP contribution >= 0.6 is 23.5 Å². The fourth-order valence-corrected chi connectivity index (χ4v) is 10.3. The van der Waals surface area contributed by atoms with Gasteiger partial charge in [-0.15, -0.1) is 11.8 Å². The van der Waals surface area contributed by atoms with Crippen LogP contribution in [0.2, 0.25) is 0 Å². The molecule has 0 radical (unpaired) electrons. The predicted octanol–water partition coefficient (Wildman–Crippen LogP) is -0.0225. The number of nitrogens with zero attached hydrogens (tertiary/aromatic N) is 4. The van der Waals surface area contributed by atoms with Crippen molar-refractivity contribution >= 4 is 58.4 Å². The van der Waals surface area contributed by atoms with E-state index in [0.717, 1.165) is 50.8 Å².